The normalized spacial score (nSPS) is 14.3. The third kappa shape index (κ3) is 6.74. The predicted octanol–water partition coefficient (Wildman–Crippen LogP) is 3.22. The molecule has 0 saturated carbocycles. The third-order valence-corrected chi connectivity index (χ3v) is 6.51. The van der Waals surface area contributed by atoms with Crippen LogP contribution in [0.1, 0.15) is 54.5 Å². The van der Waals surface area contributed by atoms with Gasteiger partial charge in [0.05, 0.1) is 0 Å². The molecule has 0 unspecified atom stereocenters. The highest BCUT2D eigenvalue weighted by Crippen LogP contribution is 2.25. The molecule has 0 radical (unpaired) electrons. The molecule has 8 heteroatoms. The Kier molecular flexibility index (Phi) is 8.38. The molecule has 33 heavy (non-hydrogen) atoms. The molecule has 0 aromatic carbocycles. The Morgan fingerprint density at radius 3 is 2.76 bits per heavy atom. The summed E-state index contributed by atoms with van der Waals surface area (Å²) in [7, 11) is 0. The molecule has 0 fully saturated rings. The van der Waals surface area contributed by atoms with E-state index in [0.717, 1.165) is 27.3 Å². The van der Waals surface area contributed by atoms with E-state index in [-0.39, 0.29) is 23.6 Å². The summed E-state index contributed by atoms with van der Waals surface area (Å²) >= 11 is 1.58. The minimum Gasteiger partial charge on any atom is -0.348 e. The van der Waals surface area contributed by atoms with Crippen molar-refractivity contribution in [2.24, 2.45) is 5.92 Å². The van der Waals surface area contributed by atoms with Gasteiger partial charge in [-0.05, 0) is 59.9 Å². The first-order valence-corrected chi connectivity index (χ1v) is 12.1. The standard InChI is InChI=1S/C25H32N4O3S/c1-16(2)12-23(28-18(4)30)25(32)29-10-9-21-19(15-29)13-26-17(3)22(21)14-27-24(31)8-7-20-6-5-11-33-20/h5-8,11,13,16,23H,9-10,12,14-15H2,1-4H3,(H,27,31)(H,28,30)/t23-/m0/s1. The van der Waals surface area contributed by atoms with Crippen molar-refractivity contribution in [3.8, 4) is 0 Å². The molecular weight excluding hydrogens is 436 g/mol. The number of fused-ring (bicyclic) bond motifs is 1. The molecular formula is C25H32N4O3S. The maximum absolute atomic E-state index is 13.1. The zero-order valence-corrected chi connectivity index (χ0v) is 20.5. The average Bonchev–Trinajstić information content (AvgIpc) is 3.29. The number of pyridine rings is 1. The van der Waals surface area contributed by atoms with E-state index in [1.165, 1.54) is 6.92 Å². The van der Waals surface area contributed by atoms with Gasteiger partial charge in [-0.25, -0.2) is 0 Å². The van der Waals surface area contributed by atoms with E-state index in [2.05, 4.69) is 15.6 Å². The van der Waals surface area contributed by atoms with Gasteiger partial charge in [-0.1, -0.05) is 19.9 Å². The highest BCUT2D eigenvalue weighted by molar-refractivity contribution is 7.10. The molecule has 1 aliphatic rings. The van der Waals surface area contributed by atoms with Gasteiger partial charge in [-0.2, -0.15) is 0 Å². The van der Waals surface area contributed by atoms with Crippen LogP contribution < -0.4 is 10.6 Å². The minimum absolute atomic E-state index is 0.0568. The van der Waals surface area contributed by atoms with Crippen LogP contribution >= 0.6 is 11.3 Å². The fraction of sp³-hybridized carbons (Fsp3) is 0.440. The van der Waals surface area contributed by atoms with E-state index in [0.29, 0.717) is 32.5 Å². The topological polar surface area (TPSA) is 91.4 Å². The van der Waals surface area contributed by atoms with Gasteiger partial charge in [0.2, 0.25) is 17.7 Å². The van der Waals surface area contributed by atoms with Gasteiger partial charge in [-0.3, -0.25) is 19.4 Å². The number of rotatable bonds is 8. The molecule has 1 atom stereocenters. The number of thiophene rings is 1. The number of nitrogens with zero attached hydrogens (tertiary/aromatic N) is 2. The molecule has 176 valence electrons. The van der Waals surface area contributed by atoms with Crippen LogP contribution in [0.2, 0.25) is 0 Å². The molecule has 0 saturated heterocycles. The summed E-state index contributed by atoms with van der Waals surface area (Å²) in [4.78, 5) is 44.4. The highest BCUT2D eigenvalue weighted by atomic mass is 32.1. The van der Waals surface area contributed by atoms with Crippen LogP contribution in [0.3, 0.4) is 0 Å². The lowest BCUT2D eigenvalue weighted by Crippen LogP contribution is -2.50. The van der Waals surface area contributed by atoms with Crippen molar-refractivity contribution in [1.82, 2.24) is 20.5 Å². The number of amides is 3. The number of carbonyl (C=O) groups excluding carboxylic acids is 3. The maximum atomic E-state index is 13.1. The molecule has 0 bridgehead atoms. The smallest absolute Gasteiger partial charge is 0.245 e. The molecule has 1 aliphatic heterocycles. The summed E-state index contributed by atoms with van der Waals surface area (Å²) in [6.07, 6.45) is 6.46. The minimum atomic E-state index is -0.517. The molecule has 3 rings (SSSR count). The Morgan fingerprint density at radius 2 is 2.09 bits per heavy atom. The summed E-state index contributed by atoms with van der Waals surface area (Å²) in [6.45, 7) is 8.88. The highest BCUT2D eigenvalue weighted by Gasteiger charge is 2.29. The van der Waals surface area contributed by atoms with Gasteiger partial charge in [0.15, 0.2) is 0 Å². The summed E-state index contributed by atoms with van der Waals surface area (Å²) in [5, 5.41) is 7.74. The van der Waals surface area contributed by atoms with E-state index < -0.39 is 6.04 Å². The zero-order chi connectivity index (χ0) is 24.0. The van der Waals surface area contributed by atoms with Gasteiger partial charge in [0.25, 0.3) is 0 Å². The summed E-state index contributed by atoms with van der Waals surface area (Å²) in [5.74, 6) is -0.121. The first-order valence-electron chi connectivity index (χ1n) is 11.3. The average molecular weight is 469 g/mol. The monoisotopic (exact) mass is 468 g/mol. The number of aromatic nitrogens is 1. The molecule has 0 spiro atoms. The third-order valence-electron chi connectivity index (χ3n) is 5.67. The molecule has 3 amide bonds. The van der Waals surface area contributed by atoms with Crippen molar-refractivity contribution in [1.29, 1.82) is 0 Å². The van der Waals surface area contributed by atoms with E-state index >= 15 is 0 Å². The lowest BCUT2D eigenvalue weighted by molar-refractivity contribution is -0.137. The Bertz CT molecular complexity index is 1030. The molecule has 2 N–H and O–H groups in total. The van der Waals surface area contributed by atoms with Crippen LogP contribution in [-0.4, -0.2) is 40.2 Å². The second kappa shape index (κ2) is 11.2. The van der Waals surface area contributed by atoms with Crippen LogP contribution in [0.5, 0.6) is 0 Å². The van der Waals surface area contributed by atoms with Crippen LogP contribution in [0.4, 0.5) is 0 Å². The van der Waals surface area contributed by atoms with Crippen molar-refractivity contribution in [2.45, 2.75) is 59.7 Å². The quantitative estimate of drug-likeness (QED) is 0.582. The number of aryl methyl sites for hydroxylation is 1. The van der Waals surface area contributed by atoms with Crippen molar-refractivity contribution < 1.29 is 14.4 Å². The van der Waals surface area contributed by atoms with Crippen LogP contribution in [-0.2, 0) is 33.9 Å². The van der Waals surface area contributed by atoms with Crippen molar-refractivity contribution in [3.63, 3.8) is 0 Å². The number of nitrogens with one attached hydrogen (secondary N) is 2. The largest absolute Gasteiger partial charge is 0.348 e. The Labute approximate surface area is 199 Å². The fourth-order valence-electron chi connectivity index (χ4n) is 4.08. The van der Waals surface area contributed by atoms with Crippen molar-refractivity contribution >= 4 is 35.1 Å². The lowest BCUT2D eigenvalue weighted by atomic mass is 9.94. The zero-order valence-electron chi connectivity index (χ0n) is 19.7. The van der Waals surface area contributed by atoms with Gasteiger partial charge in [-0.15, -0.1) is 11.3 Å². The van der Waals surface area contributed by atoms with E-state index in [1.807, 2.05) is 44.5 Å². The van der Waals surface area contributed by atoms with Crippen LogP contribution in [0.25, 0.3) is 6.08 Å². The summed E-state index contributed by atoms with van der Waals surface area (Å²) in [5.41, 5.74) is 4.03. The van der Waals surface area contributed by atoms with Crippen molar-refractivity contribution in [2.75, 3.05) is 6.54 Å². The van der Waals surface area contributed by atoms with E-state index in [1.54, 1.807) is 28.4 Å². The Morgan fingerprint density at radius 1 is 1.30 bits per heavy atom. The Balaban J connectivity index is 1.69. The number of hydrogen-bond donors (Lipinski definition) is 2. The van der Waals surface area contributed by atoms with Gasteiger partial charge < -0.3 is 15.5 Å². The molecule has 0 aliphatic carbocycles. The Hall–Kier alpha value is -3.00. The fourth-order valence-corrected chi connectivity index (χ4v) is 4.70. The SMILES string of the molecule is CC(=O)N[C@@H](CC(C)C)C(=O)N1CCc2c(cnc(C)c2CNC(=O)C=Cc2cccs2)C1. The molecule has 7 nitrogen and oxygen atoms in total. The number of hydrogen-bond acceptors (Lipinski definition) is 5. The van der Waals surface area contributed by atoms with Gasteiger partial charge in [0, 0.05) is 49.4 Å². The predicted molar refractivity (Wildman–Crippen MR) is 130 cm³/mol. The van der Waals surface area contributed by atoms with Crippen molar-refractivity contribution in [3.05, 3.63) is 57.0 Å². The van der Waals surface area contributed by atoms with Crippen LogP contribution in [0, 0.1) is 12.8 Å². The molecule has 2 aromatic heterocycles. The van der Waals surface area contributed by atoms with Crippen LogP contribution in [0.15, 0.2) is 29.8 Å². The summed E-state index contributed by atoms with van der Waals surface area (Å²) in [6, 6.07) is 3.39. The van der Waals surface area contributed by atoms with E-state index in [9.17, 15) is 14.4 Å². The second-order valence-corrected chi connectivity index (χ2v) is 9.76. The van der Waals surface area contributed by atoms with Gasteiger partial charge in [0.1, 0.15) is 6.04 Å². The first-order chi connectivity index (χ1) is 15.7. The lowest BCUT2D eigenvalue weighted by Gasteiger charge is -2.33. The summed E-state index contributed by atoms with van der Waals surface area (Å²) < 4.78 is 0. The maximum Gasteiger partial charge on any atom is 0.245 e. The molecule has 3 heterocycles. The second-order valence-electron chi connectivity index (χ2n) is 8.78. The van der Waals surface area contributed by atoms with E-state index in [4.69, 9.17) is 0 Å². The molecule has 2 aromatic rings. The number of carbonyl (C=O) groups is 3. The van der Waals surface area contributed by atoms with Gasteiger partial charge >= 0.3 is 0 Å². The first kappa shape index (κ1) is 24.6.